The lowest BCUT2D eigenvalue weighted by molar-refractivity contribution is 0.867. The molecule has 0 atom stereocenters. The predicted molar refractivity (Wildman–Crippen MR) is 90.8 cm³/mol. The molecular weight excluding hydrogens is 280 g/mol. The molecule has 2 aromatic heterocycles. The Morgan fingerprint density at radius 1 is 1.14 bits per heavy atom. The van der Waals surface area contributed by atoms with Crippen molar-refractivity contribution >= 4 is 39.0 Å². The van der Waals surface area contributed by atoms with Gasteiger partial charge in [0.15, 0.2) is 0 Å². The standard InChI is InChI=1S/C16H18N4S/c1-10(2)11-5-4-6-12(9-11)18-14-13-7-8-21-15(13)20-16(17-3)19-14/h4-10H,1-3H3,(H2,17,18,19,20). The molecule has 0 aliphatic carbocycles. The molecule has 4 nitrogen and oxygen atoms in total. The van der Waals surface area contributed by atoms with Crippen molar-refractivity contribution in [1.82, 2.24) is 9.97 Å². The minimum atomic E-state index is 0.506. The van der Waals surface area contributed by atoms with Crippen LogP contribution in [0.25, 0.3) is 10.2 Å². The molecule has 2 N–H and O–H groups in total. The van der Waals surface area contributed by atoms with Crippen molar-refractivity contribution in [2.24, 2.45) is 0 Å². The zero-order valence-electron chi connectivity index (χ0n) is 12.3. The van der Waals surface area contributed by atoms with E-state index in [0.717, 1.165) is 21.7 Å². The lowest BCUT2D eigenvalue weighted by Gasteiger charge is -2.11. The molecule has 0 unspecified atom stereocenters. The Hall–Kier alpha value is -2.14. The van der Waals surface area contributed by atoms with Gasteiger partial charge in [0.1, 0.15) is 10.6 Å². The van der Waals surface area contributed by atoms with E-state index in [2.05, 4.69) is 58.7 Å². The van der Waals surface area contributed by atoms with Crippen molar-refractivity contribution in [3.05, 3.63) is 41.3 Å². The maximum absolute atomic E-state index is 4.53. The van der Waals surface area contributed by atoms with E-state index in [1.807, 2.05) is 18.5 Å². The van der Waals surface area contributed by atoms with Crippen LogP contribution in [0.5, 0.6) is 0 Å². The summed E-state index contributed by atoms with van der Waals surface area (Å²) >= 11 is 1.62. The molecule has 0 amide bonds. The summed E-state index contributed by atoms with van der Waals surface area (Å²) in [5.74, 6) is 1.98. The molecule has 0 saturated carbocycles. The number of benzene rings is 1. The number of aromatic nitrogens is 2. The quantitative estimate of drug-likeness (QED) is 0.739. The van der Waals surface area contributed by atoms with Gasteiger partial charge in [-0.15, -0.1) is 11.3 Å². The summed E-state index contributed by atoms with van der Waals surface area (Å²) in [7, 11) is 1.83. The van der Waals surface area contributed by atoms with Gasteiger partial charge in [-0.2, -0.15) is 4.98 Å². The van der Waals surface area contributed by atoms with Gasteiger partial charge in [-0.05, 0) is 35.1 Å². The van der Waals surface area contributed by atoms with Crippen molar-refractivity contribution in [2.45, 2.75) is 19.8 Å². The molecule has 1 aromatic carbocycles. The fourth-order valence-corrected chi connectivity index (χ4v) is 2.94. The van der Waals surface area contributed by atoms with Gasteiger partial charge in [-0.1, -0.05) is 26.0 Å². The van der Waals surface area contributed by atoms with E-state index >= 15 is 0 Å². The molecule has 2 heterocycles. The number of nitrogens with one attached hydrogen (secondary N) is 2. The second-order valence-electron chi connectivity index (χ2n) is 5.19. The third kappa shape index (κ3) is 2.83. The predicted octanol–water partition coefficient (Wildman–Crippen LogP) is 4.60. The monoisotopic (exact) mass is 298 g/mol. The van der Waals surface area contributed by atoms with E-state index in [0.29, 0.717) is 11.9 Å². The highest BCUT2D eigenvalue weighted by Crippen LogP contribution is 2.29. The largest absolute Gasteiger partial charge is 0.357 e. The van der Waals surface area contributed by atoms with E-state index in [-0.39, 0.29) is 0 Å². The summed E-state index contributed by atoms with van der Waals surface area (Å²) in [6.45, 7) is 4.39. The second kappa shape index (κ2) is 5.69. The van der Waals surface area contributed by atoms with Crippen LogP contribution in [0, 0.1) is 0 Å². The number of rotatable bonds is 4. The van der Waals surface area contributed by atoms with Gasteiger partial charge in [0.2, 0.25) is 5.95 Å². The maximum Gasteiger partial charge on any atom is 0.225 e. The molecule has 0 radical (unpaired) electrons. The maximum atomic E-state index is 4.53. The number of thiophene rings is 1. The Balaban J connectivity index is 2.01. The van der Waals surface area contributed by atoms with Crippen LogP contribution in [0.4, 0.5) is 17.5 Å². The summed E-state index contributed by atoms with van der Waals surface area (Å²) < 4.78 is 0. The van der Waals surface area contributed by atoms with Gasteiger partial charge in [0.05, 0.1) is 5.39 Å². The van der Waals surface area contributed by atoms with Gasteiger partial charge >= 0.3 is 0 Å². The first-order valence-electron chi connectivity index (χ1n) is 6.97. The average molecular weight is 298 g/mol. The molecule has 3 aromatic rings. The second-order valence-corrected chi connectivity index (χ2v) is 6.08. The number of nitrogens with zero attached hydrogens (tertiary/aromatic N) is 2. The molecule has 0 fully saturated rings. The average Bonchev–Trinajstić information content (AvgIpc) is 2.96. The fraction of sp³-hybridized carbons (Fsp3) is 0.250. The van der Waals surface area contributed by atoms with Crippen molar-refractivity contribution in [2.75, 3.05) is 17.7 Å². The van der Waals surface area contributed by atoms with Crippen LogP contribution >= 0.6 is 11.3 Å². The van der Waals surface area contributed by atoms with Crippen molar-refractivity contribution in [3.8, 4) is 0 Å². The van der Waals surface area contributed by atoms with E-state index in [9.17, 15) is 0 Å². The minimum Gasteiger partial charge on any atom is -0.357 e. The van der Waals surface area contributed by atoms with Gasteiger partial charge in [0, 0.05) is 12.7 Å². The molecule has 108 valence electrons. The number of anilines is 3. The minimum absolute atomic E-state index is 0.506. The third-order valence-corrected chi connectivity index (χ3v) is 4.17. The summed E-state index contributed by atoms with van der Waals surface area (Å²) in [5.41, 5.74) is 2.36. The lowest BCUT2D eigenvalue weighted by Crippen LogP contribution is -2.01. The number of hydrogen-bond donors (Lipinski definition) is 2. The molecule has 0 aliphatic heterocycles. The zero-order valence-corrected chi connectivity index (χ0v) is 13.2. The Labute approximate surface area is 128 Å². The van der Waals surface area contributed by atoms with Gasteiger partial charge in [0.25, 0.3) is 0 Å². The van der Waals surface area contributed by atoms with Crippen molar-refractivity contribution < 1.29 is 0 Å². The molecular formula is C16H18N4S. The molecule has 0 saturated heterocycles. The van der Waals surface area contributed by atoms with Crippen LogP contribution in [0.3, 0.4) is 0 Å². The summed E-state index contributed by atoms with van der Waals surface area (Å²) in [5, 5.41) is 9.51. The molecule has 21 heavy (non-hydrogen) atoms. The normalized spacial score (nSPS) is 11.0. The SMILES string of the molecule is CNc1nc(Nc2cccc(C(C)C)c2)c2ccsc2n1. The van der Waals surface area contributed by atoms with E-state index in [4.69, 9.17) is 0 Å². The highest BCUT2D eigenvalue weighted by molar-refractivity contribution is 7.16. The van der Waals surface area contributed by atoms with Gasteiger partial charge in [-0.25, -0.2) is 4.98 Å². The Bertz CT molecular complexity index is 764. The van der Waals surface area contributed by atoms with Gasteiger partial charge in [-0.3, -0.25) is 0 Å². The first kappa shape index (κ1) is 13.8. The number of fused-ring (bicyclic) bond motifs is 1. The van der Waals surface area contributed by atoms with Crippen LogP contribution < -0.4 is 10.6 Å². The van der Waals surface area contributed by atoms with Crippen molar-refractivity contribution in [1.29, 1.82) is 0 Å². The van der Waals surface area contributed by atoms with E-state index < -0.39 is 0 Å². The van der Waals surface area contributed by atoms with Gasteiger partial charge < -0.3 is 10.6 Å². The first-order valence-corrected chi connectivity index (χ1v) is 7.85. The summed E-state index contributed by atoms with van der Waals surface area (Å²) in [6.07, 6.45) is 0. The van der Waals surface area contributed by atoms with E-state index in [1.165, 1.54) is 5.56 Å². The Kier molecular flexibility index (Phi) is 3.75. The van der Waals surface area contributed by atoms with Crippen LogP contribution in [-0.4, -0.2) is 17.0 Å². The van der Waals surface area contributed by atoms with E-state index in [1.54, 1.807) is 11.3 Å². The topological polar surface area (TPSA) is 49.8 Å². The van der Waals surface area contributed by atoms with Crippen molar-refractivity contribution in [3.63, 3.8) is 0 Å². The number of hydrogen-bond acceptors (Lipinski definition) is 5. The van der Waals surface area contributed by atoms with Crippen LogP contribution in [0.2, 0.25) is 0 Å². The first-order chi connectivity index (χ1) is 10.2. The smallest absolute Gasteiger partial charge is 0.225 e. The van der Waals surface area contributed by atoms with Crippen LogP contribution in [0.1, 0.15) is 25.3 Å². The molecule has 0 spiro atoms. The lowest BCUT2D eigenvalue weighted by atomic mass is 10.0. The summed E-state index contributed by atoms with van der Waals surface area (Å²) in [6, 6.07) is 10.5. The molecule has 5 heteroatoms. The molecule has 3 rings (SSSR count). The highest BCUT2D eigenvalue weighted by atomic mass is 32.1. The third-order valence-electron chi connectivity index (χ3n) is 3.36. The Morgan fingerprint density at radius 3 is 2.76 bits per heavy atom. The highest BCUT2D eigenvalue weighted by Gasteiger charge is 2.09. The molecule has 0 bridgehead atoms. The van der Waals surface area contributed by atoms with Crippen LogP contribution in [-0.2, 0) is 0 Å². The Morgan fingerprint density at radius 2 is 2.00 bits per heavy atom. The molecule has 0 aliphatic rings. The fourth-order valence-electron chi connectivity index (χ4n) is 2.17. The summed E-state index contributed by atoms with van der Waals surface area (Å²) in [4.78, 5) is 9.98. The van der Waals surface area contributed by atoms with Crippen LogP contribution in [0.15, 0.2) is 35.7 Å². The zero-order chi connectivity index (χ0) is 14.8.